The number of nitrogens with one attached hydrogen (secondary N) is 1. The Kier molecular flexibility index (Phi) is 23.6. The molecule has 0 saturated heterocycles. The molecular formula is C40H71N2+. The molecule has 0 radical (unpaired) electrons. The lowest BCUT2D eigenvalue weighted by molar-refractivity contribution is -0.730. The molecule has 2 unspecified atom stereocenters. The summed E-state index contributed by atoms with van der Waals surface area (Å²) < 4.78 is 2.50. The molecule has 1 aromatic heterocycles. The van der Waals surface area contributed by atoms with Crippen molar-refractivity contribution < 1.29 is 4.57 Å². The molecule has 240 valence electrons. The highest BCUT2D eigenvalue weighted by Crippen LogP contribution is 2.29. The Labute approximate surface area is 262 Å². The van der Waals surface area contributed by atoms with Crippen LogP contribution in [0, 0.1) is 5.92 Å². The lowest BCUT2D eigenvalue weighted by Gasteiger charge is -2.25. The van der Waals surface area contributed by atoms with Crippen LogP contribution in [0.3, 0.4) is 0 Å². The van der Waals surface area contributed by atoms with Gasteiger partial charge in [-0.2, -0.15) is 0 Å². The van der Waals surface area contributed by atoms with Crippen LogP contribution in [-0.4, -0.2) is 4.98 Å². The van der Waals surface area contributed by atoms with Gasteiger partial charge in [0.2, 0.25) is 6.33 Å². The third kappa shape index (κ3) is 18.9. The quantitative estimate of drug-likeness (QED) is 0.0701. The van der Waals surface area contributed by atoms with Crippen LogP contribution in [0.25, 0.3) is 0 Å². The molecule has 2 atom stereocenters. The first-order valence-corrected chi connectivity index (χ1v) is 18.9. The summed E-state index contributed by atoms with van der Waals surface area (Å²) in [5.41, 5.74) is 1.51. The Hall–Kier alpha value is -1.57. The molecule has 42 heavy (non-hydrogen) atoms. The van der Waals surface area contributed by atoms with Crippen molar-refractivity contribution in [2.45, 2.75) is 193 Å². The van der Waals surface area contributed by atoms with E-state index in [9.17, 15) is 0 Å². The number of H-pyrrole nitrogens is 1. The highest BCUT2D eigenvalue weighted by Gasteiger charge is 2.26. The number of hydrogen-bond donors (Lipinski definition) is 1. The number of imidazole rings is 1. The lowest BCUT2D eigenvalue weighted by Crippen LogP contribution is -2.42. The number of benzene rings is 1. The molecule has 0 saturated carbocycles. The molecule has 0 aliphatic rings. The second-order valence-corrected chi connectivity index (χ2v) is 13.4. The number of hydrogen-bond acceptors (Lipinski definition) is 0. The molecule has 1 N–H and O–H groups in total. The van der Waals surface area contributed by atoms with Gasteiger partial charge in [0.05, 0.1) is 0 Å². The minimum atomic E-state index is 0.605. The van der Waals surface area contributed by atoms with Crippen molar-refractivity contribution in [1.82, 2.24) is 4.98 Å². The molecule has 2 heteroatoms. The average molecular weight is 580 g/mol. The summed E-state index contributed by atoms with van der Waals surface area (Å²) in [4.78, 5) is 3.34. The van der Waals surface area contributed by atoms with E-state index in [0.717, 1.165) is 0 Å². The molecule has 0 aliphatic heterocycles. The largest absolute Gasteiger partial charge is 0.250 e. The monoisotopic (exact) mass is 580 g/mol. The van der Waals surface area contributed by atoms with Crippen molar-refractivity contribution in [2.24, 2.45) is 5.92 Å². The van der Waals surface area contributed by atoms with Gasteiger partial charge in [0.1, 0.15) is 18.4 Å². The van der Waals surface area contributed by atoms with E-state index in [1.807, 2.05) is 0 Å². The molecule has 1 aromatic carbocycles. The van der Waals surface area contributed by atoms with Crippen molar-refractivity contribution in [3.8, 4) is 0 Å². The van der Waals surface area contributed by atoms with Gasteiger partial charge in [-0.25, -0.2) is 4.57 Å². The Morgan fingerprint density at radius 3 is 1.38 bits per heavy atom. The molecule has 0 amide bonds. The van der Waals surface area contributed by atoms with Crippen LogP contribution in [0.5, 0.6) is 0 Å². The normalized spacial score (nSPS) is 13.0. The standard InChI is InChI=1S/C40H70N2/c1-3-5-7-9-11-12-13-14-15-16-17-18-19-20-22-23-28-32-39(36-38-30-26-25-27-31-38)40(42-35-34-41-37-42)33-29-24-21-10-8-6-4-2/h25-27,30-31,34-35,37,39-40H,3-24,28-29,32-33,36H2,1-2H3/p+1. The molecule has 0 aliphatic carbocycles. The summed E-state index contributed by atoms with van der Waals surface area (Å²) in [5.74, 6) is 0.713. The van der Waals surface area contributed by atoms with E-state index < -0.39 is 0 Å². The summed E-state index contributed by atoms with van der Waals surface area (Å²) in [6.45, 7) is 4.62. The van der Waals surface area contributed by atoms with E-state index in [-0.39, 0.29) is 0 Å². The van der Waals surface area contributed by atoms with Crippen LogP contribution in [0.1, 0.15) is 192 Å². The fourth-order valence-corrected chi connectivity index (χ4v) is 6.93. The molecule has 0 fully saturated rings. The maximum atomic E-state index is 3.34. The topological polar surface area (TPSA) is 19.7 Å². The van der Waals surface area contributed by atoms with Gasteiger partial charge in [-0.15, -0.1) is 0 Å². The first-order valence-electron chi connectivity index (χ1n) is 18.9. The van der Waals surface area contributed by atoms with E-state index in [4.69, 9.17) is 0 Å². The van der Waals surface area contributed by atoms with Crippen LogP contribution in [0.15, 0.2) is 49.1 Å². The van der Waals surface area contributed by atoms with Crippen LogP contribution in [0.4, 0.5) is 0 Å². The van der Waals surface area contributed by atoms with Gasteiger partial charge in [0, 0.05) is 5.92 Å². The fraction of sp³-hybridized carbons (Fsp3) is 0.775. The minimum absolute atomic E-state index is 0.605. The van der Waals surface area contributed by atoms with Crippen molar-refractivity contribution in [3.63, 3.8) is 0 Å². The average Bonchev–Trinajstić information content (AvgIpc) is 3.55. The molecule has 2 rings (SSSR count). The smallest absolute Gasteiger partial charge is 0.241 e. The van der Waals surface area contributed by atoms with Gasteiger partial charge in [-0.1, -0.05) is 192 Å². The van der Waals surface area contributed by atoms with Crippen LogP contribution < -0.4 is 4.57 Å². The van der Waals surface area contributed by atoms with E-state index >= 15 is 0 Å². The van der Waals surface area contributed by atoms with E-state index in [1.54, 1.807) is 0 Å². The summed E-state index contributed by atoms with van der Waals surface area (Å²) in [5, 5.41) is 0. The van der Waals surface area contributed by atoms with Gasteiger partial charge in [0.15, 0.2) is 0 Å². The summed E-state index contributed by atoms with van der Waals surface area (Å²) >= 11 is 0. The van der Waals surface area contributed by atoms with Gasteiger partial charge < -0.3 is 0 Å². The summed E-state index contributed by atoms with van der Waals surface area (Å²) in [7, 11) is 0. The second kappa shape index (κ2) is 27.0. The van der Waals surface area contributed by atoms with Crippen LogP contribution in [-0.2, 0) is 6.42 Å². The zero-order chi connectivity index (χ0) is 29.8. The number of unbranched alkanes of at least 4 members (excludes halogenated alkanes) is 22. The highest BCUT2D eigenvalue weighted by atomic mass is 15.1. The molecule has 2 aromatic rings. The minimum Gasteiger partial charge on any atom is -0.250 e. The Morgan fingerprint density at radius 2 is 0.952 bits per heavy atom. The zero-order valence-electron chi connectivity index (χ0n) is 28.3. The van der Waals surface area contributed by atoms with Gasteiger partial charge >= 0.3 is 0 Å². The van der Waals surface area contributed by atoms with Gasteiger partial charge in [-0.3, -0.25) is 4.98 Å². The molecule has 0 spiro atoms. The second-order valence-electron chi connectivity index (χ2n) is 13.4. The van der Waals surface area contributed by atoms with Gasteiger partial charge in [0.25, 0.3) is 0 Å². The Balaban J connectivity index is 1.64. The SMILES string of the molecule is CCCCCCCCCCCCCCCCCCCC(Cc1ccccc1)C(CCCCCCCCC)[n+]1cc[nH]c1. The Bertz CT molecular complexity index is 783. The molecule has 1 heterocycles. The maximum absolute atomic E-state index is 3.34. The van der Waals surface area contributed by atoms with Crippen molar-refractivity contribution >= 4 is 0 Å². The van der Waals surface area contributed by atoms with Crippen molar-refractivity contribution in [1.29, 1.82) is 0 Å². The first kappa shape index (κ1) is 36.6. The predicted molar refractivity (Wildman–Crippen MR) is 185 cm³/mol. The number of aromatic amines is 1. The summed E-state index contributed by atoms with van der Waals surface area (Å²) in [6, 6.07) is 11.9. The van der Waals surface area contributed by atoms with E-state index in [2.05, 4.69) is 72.5 Å². The van der Waals surface area contributed by atoms with Crippen LogP contribution >= 0.6 is 0 Å². The maximum Gasteiger partial charge on any atom is 0.241 e. The van der Waals surface area contributed by atoms with E-state index in [0.29, 0.717) is 12.0 Å². The number of rotatable bonds is 30. The fourth-order valence-electron chi connectivity index (χ4n) is 6.93. The third-order valence-corrected chi connectivity index (χ3v) is 9.62. The third-order valence-electron chi connectivity index (χ3n) is 9.62. The molecular weight excluding hydrogens is 508 g/mol. The van der Waals surface area contributed by atoms with Gasteiger partial charge in [-0.05, 0) is 31.2 Å². The van der Waals surface area contributed by atoms with Crippen LogP contribution in [0.2, 0.25) is 0 Å². The Morgan fingerprint density at radius 1 is 0.524 bits per heavy atom. The first-order chi connectivity index (χ1) is 20.8. The lowest BCUT2D eigenvalue weighted by atomic mass is 9.84. The molecule has 2 nitrogen and oxygen atoms in total. The van der Waals surface area contributed by atoms with Crippen molar-refractivity contribution in [2.75, 3.05) is 0 Å². The summed E-state index contributed by atoms with van der Waals surface area (Å²) in [6.07, 6.45) is 44.8. The van der Waals surface area contributed by atoms with Crippen molar-refractivity contribution in [3.05, 3.63) is 54.6 Å². The highest BCUT2D eigenvalue weighted by molar-refractivity contribution is 5.15. The van der Waals surface area contributed by atoms with E-state index in [1.165, 1.54) is 179 Å². The zero-order valence-corrected chi connectivity index (χ0v) is 28.3. The predicted octanol–water partition coefficient (Wildman–Crippen LogP) is 12.9. The number of nitrogens with zero attached hydrogens (tertiary/aromatic N) is 1. The molecule has 0 bridgehead atoms. The number of aromatic nitrogens is 2.